The van der Waals surface area contributed by atoms with Crippen LogP contribution in [0.2, 0.25) is 0 Å². The molecule has 0 saturated heterocycles. The maximum Gasteiger partial charge on any atom is 0.255 e. The van der Waals surface area contributed by atoms with Gasteiger partial charge in [0.2, 0.25) is 0 Å². The highest BCUT2D eigenvalue weighted by atomic mass is 19.1. The summed E-state index contributed by atoms with van der Waals surface area (Å²) in [7, 11) is 3.90. The van der Waals surface area contributed by atoms with E-state index < -0.39 is 5.91 Å². The Labute approximate surface area is 233 Å². The highest BCUT2D eigenvalue weighted by Crippen LogP contribution is 2.23. The first-order valence-electron chi connectivity index (χ1n) is 12.8. The lowest BCUT2D eigenvalue weighted by Gasteiger charge is -2.16. The van der Waals surface area contributed by atoms with Crippen molar-refractivity contribution in [1.82, 2.24) is 25.2 Å². The van der Waals surface area contributed by atoms with Gasteiger partial charge in [-0.15, -0.1) is 0 Å². The van der Waals surface area contributed by atoms with E-state index in [1.807, 2.05) is 49.4 Å². The quantitative estimate of drug-likeness (QED) is 0.365. The van der Waals surface area contributed by atoms with E-state index in [0.717, 1.165) is 28.1 Å². The van der Waals surface area contributed by atoms with Crippen LogP contribution < -0.4 is 16.4 Å². The van der Waals surface area contributed by atoms with E-state index in [1.54, 1.807) is 25.3 Å². The number of rotatable bonds is 9. The SMILES string of the molecule is CC(NC(=O)c1cc(C#N)cnc1NCC1=CC=C(c2cnc(CN(C)C)c(N)n2)CC=C1)c1ccc(F)cc1. The highest BCUT2D eigenvalue weighted by molar-refractivity contribution is 5.99. The second kappa shape index (κ2) is 12.8. The van der Waals surface area contributed by atoms with E-state index in [-0.39, 0.29) is 23.0 Å². The molecule has 3 aromatic rings. The number of nitrogen functional groups attached to an aromatic ring is 1. The fourth-order valence-corrected chi connectivity index (χ4v) is 4.12. The van der Waals surface area contributed by atoms with Crippen LogP contribution in [-0.4, -0.2) is 46.4 Å². The van der Waals surface area contributed by atoms with Crippen LogP contribution >= 0.6 is 0 Å². The summed E-state index contributed by atoms with van der Waals surface area (Å²) in [4.78, 5) is 28.5. The van der Waals surface area contributed by atoms with Crippen LogP contribution in [0.1, 0.15) is 52.3 Å². The number of nitrogens with one attached hydrogen (secondary N) is 2. The summed E-state index contributed by atoms with van der Waals surface area (Å²) in [5, 5.41) is 15.5. The minimum Gasteiger partial charge on any atom is -0.382 e. The van der Waals surface area contributed by atoms with Crippen molar-refractivity contribution in [2.75, 3.05) is 31.7 Å². The molecule has 1 unspecified atom stereocenters. The molecule has 1 amide bonds. The molecule has 2 aromatic heterocycles. The van der Waals surface area contributed by atoms with Gasteiger partial charge in [0.05, 0.1) is 34.8 Å². The third-order valence-electron chi connectivity index (χ3n) is 6.28. The number of hydrogen-bond acceptors (Lipinski definition) is 8. The van der Waals surface area contributed by atoms with Crippen LogP contribution in [0.4, 0.5) is 16.0 Å². The minimum atomic E-state index is -0.398. The number of halogens is 1. The normalized spacial score (nSPS) is 13.6. The number of nitriles is 1. The molecule has 0 fully saturated rings. The summed E-state index contributed by atoms with van der Waals surface area (Å²) in [6.07, 6.45) is 11.8. The summed E-state index contributed by atoms with van der Waals surface area (Å²) in [6.45, 7) is 2.81. The number of pyridine rings is 1. The van der Waals surface area contributed by atoms with Gasteiger partial charge in [-0.2, -0.15) is 5.26 Å². The number of carbonyl (C=O) groups excluding carboxylic acids is 1. The van der Waals surface area contributed by atoms with Crippen LogP contribution in [0.25, 0.3) is 5.57 Å². The average molecular weight is 539 g/mol. The number of aromatic nitrogens is 3. The van der Waals surface area contributed by atoms with Gasteiger partial charge in [-0.3, -0.25) is 9.78 Å². The van der Waals surface area contributed by atoms with Crippen molar-refractivity contribution in [2.24, 2.45) is 0 Å². The predicted octanol–water partition coefficient (Wildman–Crippen LogP) is 4.40. The molecule has 2 heterocycles. The molecule has 9 nitrogen and oxygen atoms in total. The maximum absolute atomic E-state index is 13.3. The van der Waals surface area contributed by atoms with Crippen molar-refractivity contribution in [3.8, 4) is 6.07 Å². The van der Waals surface area contributed by atoms with Crippen molar-refractivity contribution in [2.45, 2.75) is 25.9 Å². The lowest BCUT2D eigenvalue weighted by atomic mass is 10.1. The Kier molecular flexibility index (Phi) is 8.99. The minimum absolute atomic E-state index is 0.242. The van der Waals surface area contributed by atoms with Crippen LogP contribution in [-0.2, 0) is 6.54 Å². The van der Waals surface area contributed by atoms with E-state index in [1.165, 1.54) is 24.4 Å². The molecule has 1 atom stereocenters. The number of nitrogens with zero attached hydrogens (tertiary/aromatic N) is 5. The van der Waals surface area contributed by atoms with E-state index in [9.17, 15) is 14.4 Å². The first-order valence-corrected chi connectivity index (χ1v) is 12.8. The van der Waals surface area contributed by atoms with Gasteiger partial charge in [0, 0.05) is 19.3 Å². The van der Waals surface area contributed by atoms with Gasteiger partial charge in [0.25, 0.3) is 5.91 Å². The largest absolute Gasteiger partial charge is 0.382 e. The lowest BCUT2D eigenvalue weighted by molar-refractivity contribution is 0.0940. The standard InChI is InChI=1S/C30H31FN8O/c1-19(22-9-11-24(31)12-10-22)37-30(40)25-13-21(14-32)16-36-29(25)35-15-20-5-4-6-23(8-7-20)26-17-34-27(18-39(2)3)28(33)38-26/h4-5,7-13,16-17,19H,6,15,18H2,1-3H3,(H2,33,38)(H,35,36)(H,37,40). The molecule has 0 saturated carbocycles. The Morgan fingerprint density at radius 1 is 1.20 bits per heavy atom. The van der Waals surface area contributed by atoms with Gasteiger partial charge >= 0.3 is 0 Å². The van der Waals surface area contributed by atoms with Crippen molar-refractivity contribution in [3.05, 3.63) is 106 Å². The molecule has 4 rings (SSSR count). The fraction of sp³-hybridized carbons (Fsp3) is 0.233. The summed E-state index contributed by atoms with van der Waals surface area (Å²) >= 11 is 0. The zero-order valence-corrected chi connectivity index (χ0v) is 22.6. The Morgan fingerprint density at radius 2 is 1.98 bits per heavy atom. The van der Waals surface area contributed by atoms with Gasteiger partial charge in [0.15, 0.2) is 0 Å². The van der Waals surface area contributed by atoms with E-state index in [0.29, 0.717) is 31.1 Å². The first-order chi connectivity index (χ1) is 19.2. The molecule has 0 radical (unpaired) electrons. The van der Waals surface area contributed by atoms with Gasteiger partial charge < -0.3 is 21.3 Å². The first kappa shape index (κ1) is 28.1. The number of anilines is 2. The Morgan fingerprint density at radius 3 is 2.67 bits per heavy atom. The lowest BCUT2D eigenvalue weighted by Crippen LogP contribution is -2.28. The zero-order chi connectivity index (χ0) is 28.6. The highest BCUT2D eigenvalue weighted by Gasteiger charge is 2.18. The smallest absolute Gasteiger partial charge is 0.255 e. The summed E-state index contributed by atoms with van der Waals surface area (Å²) < 4.78 is 13.3. The van der Waals surface area contributed by atoms with E-state index in [4.69, 9.17) is 5.73 Å². The topological polar surface area (TPSA) is 133 Å². The molecule has 1 aliphatic rings. The van der Waals surface area contributed by atoms with E-state index in [2.05, 4.69) is 25.6 Å². The summed E-state index contributed by atoms with van der Waals surface area (Å²) in [6, 6.07) is 9.08. The average Bonchev–Trinajstić information content (AvgIpc) is 3.19. The van der Waals surface area contributed by atoms with E-state index >= 15 is 0 Å². The number of benzene rings is 1. The number of amides is 1. The van der Waals surface area contributed by atoms with Crippen LogP contribution in [0.5, 0.6) is 0 Å². The summed E-state index contributed by atoms with van der Waals surface area (Å²) in [5.74, 6) is 0.0159. The number of hydrogen-bond donors (Lipinski definition) is 3. The molecule has 10 heteroatoms. The number of allylic oxidation sites excluding steroid dienone is 4. The Bertz CT molecular complexity index is 1520. The molecule has 40 heavy (non-hydrogen) atoms. The zero-order valence-electron chi connectivity index (χ0n) is 22.6. The molecule has 204 valence electrons. The second-order valence-electron chi connectivity index (χ2n) is 9.70. The molecule has 0 bridgehead atoms. The molecule has 0 aliphatic heterocycles. The second-order valence-corrected chi connectivity index (χ2v) is 9.70. The predicted molar refractivity (Wildman–Crippen MR) is 153 cm³/mol. The molecule has 1 aromatic carbocycles. The van der Waals surface area contributed by atoms with Crippen molar-refractivity contribution < 1.29 is 9.18 Å². The van der Waals surface area contributed by atoms with Gasteiger partial charge in [-0.1, -0.05) is 36.4 Å². The van der Waals surface area contributed by atoms with Gasteiger partial charge in [0.1, 0.15) is 23.5 Å². The van der Waals surface area contributed by atoms with Crippen LogP contribution in [0.15, 0.2) is 72.6 Å². The van der Waals surface area contributed by atoms with Crippen molar-refractivity contribution >= 4 is 23.1 Å². The van der Waals surface area contributed by atoms with Crippen molar-refractivity contribution in [3.63, 3.8) is 0 Å². The molecule has 0 spiro atoms. The number of nitrogens with two attached hydrogens (primary N) is 1. The van der Waals surface area contributed by atoms with Crippen LogP contribution in [0, 0.1) is 17.1 Å². The Hall–Kier alpha value is -4.88. The summed E-state index contributed by atoms with van der Waals surface area (Å²) in [5.41, 5.74) is 10.8. The molecule has 4 N–H and O–H groups in total. The van der Waals surface area contributed by atoms with Gasteiger partial charge in [-0.25, -0.2) is 14.4 Å². The molecular weight excluding hydrogens is 507 g/mol. The molecule has 1 aliphatic carbocycles. The number of carbonyl (C=O) groups is 1. The maximum atomic E-state index is 13.3. The molecular formula is C30H31FN8O. The third kappa shape index (κ3) is 7.15. The fourth-order valence-electron chi connectivity index (χ4n) is 4.12. The van der Waals surface area contributed by atoms with Gasteiger partial charge in [-0.05, 0) is 62.3 Å². The van der Waals surface area contributed by atoms with Crippen LogP contribution in [0.3, 0.4) is 0 Å². The Balaban J connectivity index is 1.48. The van der Waals surface area contributed by atoms with Crippen molar-refractivity contribution in [1.29, 1.82) is 5.26 Å². The monoisotopic (exact) mass is 538 g/mol. The third-order valence-corrected chi connectivity index (χ3v) is 6.28.